The zero-order valence-electron chi connectivity index (χ0n) is 27.8. The van der Waals surface area contributed by atoms with E-state index in [0.29, 0.717) is 52.4 Å². The molecule has 0 aliphatic carbocycles. The topological polar surface area (TPSA) is 111 Å². The Balaban J connectivity index is 1.27. The molecule has 11 heteroatoms. The van der Waals surface area contributed by atoms with Crippen molar-refractivity contribution in [2.75, 3.05) is 11.5 Å². The summed E-state index contributed by atoms with van der Waals surface area (Å²) in [5, 5.41) is 20.8. The molecule has 50 heavy (non-hydrogen) atoms. The summed E-state index contributed by atoms with van der Waals surface area (Å²) in [6, 6.07) is 27.6. The molecule has 0 spiro atoms. The molecule has 0 unspecified atom stereocenters. The van der Waals surface area contributed by atoms with Crippen LogP contribution in [0.2, 0.25) is 0 Å². The zero-order valence-corrected chi connectivity index (χ0v) is 29.4. The van der Waals surface area contributed by atoms with E-state index in [-0.39, 0.29) is 22.6 Å². The van der Waals surface area contributed by atoms with E-state index in [1.54, 1.807) is 30.3 Å². The van der Waals surface area contributed by atoms with Gasteiger partial charge in [0, 0.05) is 17.7 Å². The van der Waals surface area contributed by atoms with Crippen LogP contribution in [0, 0.1) is 6.92 Å². The highest BCUT2D eigenvalue weighted by atomic mass is 32.2. The summed E-state index contributed by atoms with van der Waals surface area (Å²) >= 11 is 2.72. The molecular formula is C39H35N3O6S2. The second-order valence-electron chi connectivity index (χ2n) is 12.2. The van der Waals surface area contributed by atoms with Crippen LogP contribution in [-0.2, 0) is 28.4 Å². The number of aliphatic hydroxyl groups excluding tert-OH is 1. The van der Waals surface area contributed by atoms with Crippen LogP contribution in [0.1, 0.15) is 53.3 Å². The highest BCUT2D eigenvalue weighted by Crippen LogP contribution is 2.46. The average Bonchev–Trinajstić information content (AvgIpc) is 3.82. The smallest absolute Gasteiger partial charge is 0.301 e. The molecule has 2 aliphatic heterocycles. The number of amides is 1. The van der Waals surface area contributed by atoms with Gasteiger partial charge in [0.15, 0.2) is 15.8 Å². The number of thioether (sulfide) groups is 1. The van der Waals surface area contributed by atoms with Crippen molar-refractivity contribution in [2.45, 2.75) is 56.0 Å². The first kappa shape index (κ1) is 33.4. The van der Waals surface area contributed by atoms with Crippen LogP contribution in [0.3, 0.4) is 0 Å². The van der Waals surface area contributed by atoms with Gasteiger partial charge >= 0.3 is 5.91 Å². The Morgan fingerprint density at radius 2 is 1.76 bits per heavy atom. The van der Waals surface area contributed by atoms with Gasteiger partial charge < -0.3 is 19.3 Å². The summed E-state index contributed by atoms with van der Waals surface area (Å²) in [6.07, 6.45) is 0.674. The summed E-state index contributed by atoms with van der Waals surface area (Å²) < 4.78 is 18.7. The average molecular weight is 706 g/mol. The second-order valence-corrected chi connectivity index (χ2v) is 14.3. The quantitative estimate of drug-likeness (QED) is 0.0480. The van der Waals surface area contributed by atoms with Crippen molar-refractivity contribution in [3.63, 3.8) is 0 Å². The number of aryl methyl sites for hydroxylation is 1. The van der Waals surface area contributed by atoms with Crippen molar-refractivity contribution < 1.29 is 28.9 Å². The van der Waals surface area contributed by atoms with Gasteiger partial charge in [0.25, 0.3) is 5.78 Å². The zero-order chi connectivity index (χ0) is 34.8. The summed E-state index contributed by atoms with van der Waals surface area (Å²) in [5.41, 5.74) is 5.14. The van der Waals surface area contributed by atoms with Gasteiger partial charge in [-0.25, -0.2) is 0 Å². The van der Waals surface area contributed by atoms with E-state index in [9.17, 15) is 14.7 Å². The maximum atomic E-state index is 13.9. The lowest BCUT2D eigenvalue weighted by molar-refractivity contribution is -0.132. The molecule has 1 amide bonds. The molecule has 7 rings (SSSR count). The Kier molecular flexibility index (Phi) is 9.60. The van der Waals surface area contributed by atoms with Crippen molar-refractivity contribution >= 4 is 45.7 Å². The second kappa shape index (κ2) is 14.4. The lowest BCUT2D eigenvalue weighted by Gasteiger charge is -2.24. The minimum Gasteiger partial charge on any atom is -0.507 e. The van der Waals surface area contributed by atoms with Gasteiger partial charge in [0.1, 0.15) is 24.2 Å². The first-order valence-electron chi connectivity index (χ1n) is 16.3. The molecule has 2 atom stereocenters. The summed E-state index contributed by atoms with van der Waals surface area (Å²) in [4.78, 5) is 29.2. The molecule has 9 nitrogen and oxygen atoms in total. The molecular weight excluding hydrogens is 671 g/mol. The van der Waals surface area contributed by atoms with Gasteiger partial charge in [0.2, 0.25) is 5.13 Å². The fourth-order valence-electron chi connectivity index (χ4n) is 6.08. The molecule has 0 radical (unpaired) electrons. The standard InChI is InChI=1S/C39H35N3O6S2/c1-4-46-32-20-27(14-17-31(32)47-21-25-8-6-5-7-9-25)34-33(35(43)28-15-16-30-29(19-28)18-24(3)48-30)36(44)37(45)42(34)38-40-41-39(50-38)49-22-26-12-10-23(2)11-13-26/h5-17,19-20,24,34,43H,4,18,21-22H2,1-3H3/t24-,34+/m0/s1. The molecule has 1 fully saturated rings. The van der Waals surface area contributed by atoms with Crippen LogP contribution in [0.25, 0.3) is 5.76 Å². The highest BCUT2D eigenvalue weighted by Gasteiger charge is 2.48. The Labute approximate surface area is 298 Å². The number of aliphatic hydroxyl groups is 1. The number of ketones is 1. The molecule has 0 bridgehead atoms. The molecule has 1 N–H and O–H groups in total. The van der Waals surface area contributed by atoms with Crippen molar-refractivity contribution in [3.05, 3.63) is 130 Å². The Morgan fingerprint density at radius 3 is 2.54 bits per heavy atom. The maximum Gasteiger partial charge on any atom is 0.301 e. The third kappa shape index (κ3) is 6.83. The lowest BCUT2D eigenvalue weighted by atomic mass is 9.94. The molecule has 254 valence electrons. The third-order valence-electron chi connectivity index (χ3n) is 8.52. The maximum absolute atomic E-state index is 13.9. The number of anilines is 1. The van der Waals surface area contributed by atoms with E-state index in [0.717, 1.165) is 22.4 Å². The fourth-order valence-corrected chi connectivity index (χ4v) is 7.90. The van der Waals surface area contributed by atoms with E-state index in [4.69, 9.17) is 14.2 Å². The van der Waals surface area contributed by atoms with Crippen molar-refractivity contribution in [3.8, 4) is 17.2 Å². The number of nitrogens with zero attached hydrogens (tertiary/aromatic N) is 3. The monoisotopic (exact) mass is 705 g/mol. The Hall–Kier alpha value is -5.13. The van der Waals surface area contributed by atoms with E-state index < -0.39 is 17.7 Å². The number of hydrogen-bond donors (Lipinski definition) is 1. The molecule has 0 saturated carbocycles. The van der Waals surface area contributed by atoms with Crippen LogP contribution in [0.4, 0.5) is 5.13 Å². The van der Waals surface area contributed by atoms with Crippen molar-refractivity contribution in [1.82, 2.24) is 10.2 Å². The van der Waals surface area contributed by atoms with Gasteiger partial charge in [-0.3, -0.25) is 14.5 Å². The number of fused-ring (bicyclic) bond motifs is 1. The van der Waals surface area contributed by atoms with E-state index in [1.165, 1.54) is 33.6 Å². The minimum absolute atomic E-state index is 0.00284. The lowest BCUT2D eigenvalue weighted by Crippen LogP contribution is -2.29. The van der Waals surface area contributed by atoms with E-state index in [2.05, 4.69) is 34.5 Å². The number of hydrogen-bond acceptors (Lipinski definition) is 10. The molecule has 3 heterocycles. The van der Waals surface area contributed by atoms with E-state index >= 15 is 0 Å². The first-order valence-corrected chi connectivity index (χ1v) is 18.2. The Bertz CT molecular complexity index is 2080. The predicted molar refractivity (Wildman–Crippen MR) is 194 cm³/mol. The number of benzene rings is 4. The van der Waals surface area contributed by atoms with Gasteiger partial charge in [-0.15, -0.1) is 10.2 Å². The summed E-state index contributed by atoms with van der Waals surface area (Å²) in [7, 11) is 0. The van der Waals surface area contributed by atoms with Crippen LogP contribution in [0.5, 0.6) is 17.2 Å². The number of rotatable bonds is 11. The van der Waals surface area contributed by atoms with Crippen LogP contribution in [0.15, 0.2) is 101 Å². The number of carbonyl (C=O) groups excluding carboxylic acids is 2. The van der Waals surface area contributed by atoms with Crippen LogP contribution >= 0.6 is 23.1 Å². The molecule has 5 aromatic rings. The molecule has 2 aliphatic rings. The van der Waals surface area contributed by atoms with E-state index in [1.807, 2.05) is 57.2 Å². The highest BCUT2D eigenvalue weighted by molar-refractivity contribution is 8.00. The normalized spacial score (nSPS) is 17.9. The minimum atomic E-state index is -1.01. The van der Waals surface area contributed by atoms with Crippen molar-refractivity contribution in [2.24, 2.45) is 0 Å². The molecule has 1 aromatic heterocycles. The van der Waals surface area contributed by atoms with Crippen LogP contribution < -0.4 is 19.1 Å². The number of carbonyl (C=O) groups is 2. The summed E-state index contributed by atoms with van der Waals surface area (Å²) in [5.74, 6) is 0.464. The number of ether oxygens (including phenoxy) is 3. The largest absolute Gasteiger partial charge is 0.507 e. The first-order chi connectivity index (χ1) is 24.3. The number of Topliss-reactive ketones (excluding diaryl/α,β-unsaturated/α-hetero) is 1. The van der Waals surface area contributed by atoms with Crippen molar-refractivity contribution in [1.29, 1.82) is 0 Å². The van der Waals surface area contributed by atoms with Gasteiger partial charge in [-0.2, -0.15) is 0 Å². The molecule has 4 aromatic carbocycles. The van der Waals surface area contributed by atoms with Gasteiger partial charge in [-0.05, 0) is 73.4 Å². The fraction of sp³-hybridized carbons (Fsp3) is 0.231. The predicted octanol–water partition coefficient (Wildman–Crippen LogP) is 8.07. The third-order valence-corrected chi connectivity index (χ3v) is 10.6. The van der Waals surface area contributed by atoms with Crippen LogP contribution in [-0.4, -0.2) is 39.7 Å². The Morgan fingerprint density at radius 1 is 0.960 bits per heavy atom. The number of aromatic nitrogens is 2. The summed E-state index contributed by atoms with van der Waals surface area (Å²) in [6.45, 7) is 6.58. The van der Waals surface area contributed by atoms with Gasteiger partial charge in [0.05, 0.1) is 18.2 Å². The van der Waals surface area contributed by atoms with Gasteiger partial charge in [-0.1, -0.05) is 89.3 Å². The SMILES string of the molecule is CCOc1cc([C@@H]2C(=C(O)c3ccc4c(c3)C[C@H](C)O4)C(=O)C(=O)N2c2nnc(SCc3ccc(C)cc3)s2)ccc1OCc1ccccc1. The molecule has 1 saturated heterocycles.